The Labute approximate surface area is 135 Å². The normalized spacial score (nSPS) is 23.6. The lowest BCUT2D eigenvalue weighted by Gasteiger charge is -2.40. The number of nitriles is 1. The van der Waals surface area contributed by atoms with Crippen molar-refractivity contribution < 1.29 is 27.1 Å². The van der Waals surface area contributed by atoms with Crippen molar-refractivity contribution in [1.82, 2.24) is 4.98 Å². The number of ketones is 1. The fraction of sp³-hybridized carbons (Fsp3) is 0.438. The standard InChI is InChI=1S/C16H14F4N2O2/c1-14(2)8-15(24-3,5-9(6-21)13(14)23)12-11(16(18,19)20)4-10(17)7-22-12/h4-5,7H,8H2,1-3H3. The summed E-state index contributed by atoms with van der Waals surface area (Å²) in [6.07, 6.45) is -3.35. The third-order valence-electron chi connectivity index (χ3n) is 3.99. The van der Waals surface area contributed by atoms with Crippen molar-refractivity contribution in [2.24, 2.45) is 5.41 Å². The lowest BCUT2D eigenvalue weighted by Crippen LogP contribution is -2.43. The first-order chi connectivity index (χ1) is 11.0. The molecular formula is C16H14F4N2O2. The van der Waals surface area contributed by atoms with Gasteiger partial charge in [0.15, 0.2) is 5.78 Å². The second-order valence-electron chi connectivity index (χ2n) is 6.20. The van der Waals surface area contributed by atoms with E-state index in [-0.39, 0.29) is 12.0 Å². The van der Waals surface area contributed by atoms with Gasteiger partial charge < -0.3 is 4.74 Å². The summed E-state index contributed by atoms with van der Waals surface area (Å²) in [5.74, 6) is -1.64. The molecule has 0 aromatic carbocycles. The number of methoxy groups -OCH3 is 1. The molecule has 1 aliphatic carbocycles. The van der Waals surface area contributed by atoms with E-state index in [0.717, 1.165) is 13.2 Å². The van der Waals surface area contributed by atoms with E-state index in [9.17, 15) is 22.4 Å². The molecule has 2 rings (SSSR count). The van der Waals surface area contributed by atoms with Crippen LogP contribution in [0.1, 0.15) is 31.5 Å². The Bertz CT molecular complexity index is 762. The van der Waals surface area contributed by atoms with E-state index in [0.29, 0.717) is 12.3 Å². The summed E-state index contributed by atoms with van der Waals surface area (Å²) >= 11 is 0. The van der Waals surface area contributed by atoms with Crippen LogP contribution in [-0.2, 0) is 21.3 Å². The van der Waals surface area contributed by atoms with Gasteiger partial charge >= 0.3 is 6.18 Å². The van der Waals surface area contributed by atoms with Crippen LogP contribution in [0.2, 0.25) is 0 Å². The number of ether oxygens (including phenoxy) is 1. The van der Waals surface area contributed by atoms with E-state index in [1.54, 1.807) is 6.07 Å². The zero-order chi connectivity index (χ0) is 18.3. The van der Waals surface area contributed by atoms with Gasteiger partial charge in [-0.1, -0.05) is 13.8 Å². The molecule has 0 fully saturated rings. The van der Waals surface area contributed by atoms with Gasteiger partial charge in [0.2, 0.25) is 0 Å². The molecule has 0 radical (unpaired) electrons. The second-order valence-corrected chi connectivity index (χ2v) is 6.20. The molecule has 1 atom stereocenters. The molecule has 0 saturated carbocycles. The number of pyridine rings is 1. The summed E-state index contributed by atoms with van der Waals surface area (Å²) in [5, 5.41) is 9.14. The van der Waals surface area contributed by atoms with Crippen LogP contribution in [0.3, 0.4) is 0 Å². The second kappa shape index (κ2) is 5.67. The van der Waals surface area contributed by atoms with Gasteiger partial charge in [-0.15, -0.1) is 0 Å². The first kappa shape index (κ1) is 18.1. The third kappa shape index (κ3) is 2.91. The highest BCUT2D eigenvalue weighted by Crippen LogP contribution is 2.47. The van der Waals surface area contributed by atoms with E-state index < -0.39 is 40.1 Å². The predicted molar refractivity (Wildman–Crippen MR) is 75.0 cm³/mol. The van der Waals surface area contributed by atoms with E-state index in [4.69, 9.17) is 10.00 Å². The average Bonchev–Trinajstić information content (AvgIpc) is 2.49. The van der Waals surface area contributed by atoms with Crippen LogP contribution in [0.15, 0.2) is 23.9 Å². The number of hydrogen-bond donors (Lipinski definition) is 0. The molecule has 1 heterocycles. The number of Topliss-reactive ketones (excluding diaryl/α,β-unsaturated/α-hetero) is 1. The number of alkyl halides is 3. The first-order valence-electron chi connectivity index (χ1n) is 6.93. The van der Waals surface area contributed by atoms with Gasteiger partial charge in [-0.05, 0) is 18.6 Å². The van der Waals surface area contributed by atoms with Crippen molar-refractivity contribution in [2.45, 2.75) is 32.0 Å². The van der Waals surface area contributed by atoms with E-state index in [1.807, 2.05) is 0 Å². The summed E-state index contributed by atoms with van der Waals surface area (Å²) in [7, 11) is 1.16. The minimum atomic E-state index is -4.87. The van der Waals surface area contributed by atoms with Crippen molar-refractivity contribution in [3.63, 3.8) is 0 Å². The average molecular weight is 342 g/mol. The highest BCUT2D eigenvalue weighted by Gasteiger charge is 2.50. The zero-order valence-electron chi connectivity index (χ0n) is 13.2. The number of halogens is 4. The van der Waals surface area contributed by atoms with E-state index in [1.165, 1.54) is 13.8 Å². The van der Waals surface area contributed by atoms with Gasteiger partial charge in [0.05, 0.1) is 23.0 Å². The van der Waals surface area contributed by atoms with Crippen LogP contribution in [-0.4, -0.2) is 17.9 Å². The summed E-state index contributed by atoms with van der Waals surface area (Å²) < 4.78 is 58.6. The van der Waals surface area contributed by atoms with Gasteiger partial charge in [0.25, 0.3) is 0 Å². The smallest absolute Gasteiger partial charge is 0.368 e. The number of nitrogens with zero attached hydrogens (tertiary/aromatic N) is 2. The molecule has 4 nitrogen and oxygen atoms in total. The summed E-state index contributed by atoms with van der Waals surface area (Å²) in [4.78, 5) is 15.8. The van der Waals surface area contributed by atoms with Crippen LogP contribution in [0.5, 0.6) is 0 Å². The van der Waals surface area contributed by atoms with Crippen molar-refractivity contribution in [1.29, 1.82) is 5.26 Å². The Morgan fingerprint density at radius 3 is 2.50 bits per heavy atom. The molecule has 1 aromatic heterocycles. The molecule has 1 aromatic rings. The molecule has 0 bridgehead atoms. The number of allylic oxidation sites excluding steroid dienone is 1. The largest absolute Gasteiger partial charge is 0.418 e. The van der Waals surface area contributed by atoms with Crippen LogP contribution >= 0.6 is 0 Å². The summed E-state index contributed by atoms with van der Waals surface area (Å²) in [5.41, 5.74) is -5.10. The maximum atomic E-state index is 13.3. The van der Waals surface area contributed by atoms with E-state index >= 15 is 0 Å². The lowest BCUT2D eigenvalue weighted by molar-refractivity contribution is -0.142. The molecule has 0 N–H and O–H groups in total. The van der Waals surface area contributed by atoms with Gasteiger partial charge in [0, 0.05) is 12.5 Å². The SMILES string of the molecule is COC1(c2ncc(F)cc2C(F)(F)F)C=C(C#N)C(=O)C(C)(C)C1. The predicted octanol–water partition coefficient (Wildman–Crippen LogP) is 3.53. The Hall–Kier alpha value is -2.27. The van der Waals surface area contributed by atoms with Crippen molar-refractivity contribution in [3.8, 4) is 6.07 Å². The van der Waals surface area contributed by atoms with Crippen LogP contribution in [0, 0.1) is 22.6 Å². The minimum Gasteiger partial charge on any atom is -0.368 e. The Balaban J connectivity index is 2.80. The molecule has 0 aliphatic heterocycles. The molecule has 8 heteroatoms. The maximum absolute atomic E-state index is 13.3. The minimum absolute atomic E-state index is 0.164. The van der Waals surface area contributed by atoms with Gasteiger partial charge in [-0.2, -0.15) is 18.4 Å². The quantitative estimate of drug-likeness (QED) is 0.772. The maximum Gasteiger partial charge on any atom is 0.418 e. The number of hydrogen-bond acceptors (Lipinski definition) is 4. The molecule has 128 valence electrons. The number of rotatable bonds is 2. The van der Waals surface area contributed by atoms with Crippen molar-refractivity contribution in [3.05, 3.63) is 41.0 Å². The Kier molecular flexibility index (Phi) is 4.27. The van der Waals surface area contributed by atoms with Crippen LogP contribution in [0.25, 0.3) is 0 Å². The topological polar surface area (TPSA) is 63.0 Å². The van der Waals surface area contributed by atoms with Crippen LogP contribution in [0.4, 0.5) is 17.6 Å². The number of carbonyl (C=O) groups excluding carboxylic acids is 1. The van der Waals surface area contributed by atoms with E-state index in [2.05, 4.69) is 4.98 Å². The third-order valence-corrected chi connectivity index (χ3v) is 3.99. The molecule has 0 amide bonds. The molecule has 1 unspecified atom stereocenters. The number of aromatic nitrogens is 1. The number of carbonyl (C=O) groups is 1. The fourth-order valence-corrected chi connectivity index (χ4v) is 2.91. The monoisotopic (exact) mass is 342 g/mol. The van der Waals surface area contributed by atoms with Gasteiger partial charge in [-0.3, -0.25) is 9.78 Å². The first-order valence-corrected chi connectivity index (χ1v) is 6.93. The molecule has 1 aliphatic rings. The lowest BCUT2D eigenvalue weighted by atomic mass is 9.68. The summed E-state index contributed by atoms with van der Waals surface area (Å²) in [6, 6.07) is 2.01. The van der Waals surface area contributed by atoms with Crippen molar-refractivity contribution in [2.75, 3.05) is 7.11 Å². The molecule has 0 saturated heterocycles. The van der Waals surface area contributed by atoms with Crippen LogP contribution < -0.4 is 0 Å². The van der Waals surface area contributed by atoms with Gasteiger partial charge in [0.1, 0.15) is 17.5 Å². The molecular weight excluding hydrogens is 328 g/mol. The van der Waals surface area contributed by atoms with Crippen molar-refractivity contribution >= 4 is 5.78 Å². The highest BCUT2D eigenvalue weighted by atomic mass is 19.4. The fourth-order valence-electron chi connectivity index (χ4n) is 2.91. The highest BCUT2D eigenvalue weighted by molar-refractivity contribution is 6.04. The summed E-state index contributed by atoms with van der Waals surface area (Å²) in [6.45, 7) is 3.01. The molecule has 0 spiro atoms. The Morgan fingerprint density at radius 2 is 2.00 bits per heavy atom. The Morgan fingerprint density at radius 1 is 1.38 bits per heavy atom. The zero-order valence-corrected chi connectivity index (χ0v) is 13.2. The molecule has 24 heavy (non-hydrogen) atoms. The van der Waals surface area contributed by atoms with Gasteiger partial charge in [-0.25, -0.2) is 4.39 Å².